The first-order valence-corrected chi connectivity index (χ1v) is 5.30. The van der Waals surface area contributed by atoms with Gasteiger partial charge in [0.15, 0.2) is 11.6 Å². The predicted octanol–water partition coefficient (Wildman–Crippen LogP) is 0.231. The molecule has 1 aliphatic rings. The van der Waals surface area contributed by atoms with Gasteiger partial charge in [-0.1, -0.05) is 0 Å². The van der Waals surface area contributed by atoms with Gasteiger partial charge in [-0.15, -0.1) is 0 Å². The molecule has 1 fully saturated rings. The van der Waals surface area contributed by atoms with Gasteiger partial charge in [-0.2, -0.15) is 0 Å². The summed E-state index contributed by atoms with van der Waals surface area (Å²) in [6.07, 6.45) is 1.61. The quantitative estimate of drug-likeness (QED) is 0.754. The first-order chi connectivity index (χ1) is 6.77. The van der Waals surface area contributed by atoms with Crippen molar-refractivity contribution in [2.75, 3.05) is 36.8 Å². The molecule has 0 unspecified atom stereocenters. The minimum Gasteiger partial charge on any atom is -0.381 e. The van der Waals surface area contributed by atoms with Gasteiger partial charge in [0.05, 0.1) is 6.20 Å². The zero-order valence-corrected chi connectivity index (χ0v) is 9.29. The highest BCUT2D eigenvalue weighted by Crippen LogP contribution is 2.20. The first-order valence-electron chi connectivity index (χ1n) is 4.51. The third-order valence-corrected chi connectivity index (χ3v) is 2.55. The van der Waals surface area contributed by atoms with Crippen molar-refractivity contribution in [2.45, 2.75) is 0 Å². The van der Waals surface area contributed by atoms with E-state index in [1.54, 1.807) is 6.20 Å². The van der Waals surface area contributed by atoms with Crippen molar-refractivity contribution < 1.29 is 0 Å². The molecule has 0 amide bonds. The Morgan fingerprint density at radius 1 is 1.43 bits per heavy atom. The van der Waals surface area contributed by atoms with E-state index < -0.39 is 0 Å². The fourth-order valence-electron chi connectivity index (χ4n) is 1.48. The molecule has 6 heteroatoms. The fourth-order valence-corrected chi connectivity index (χ4v) is 1.75. The molecular weight excluding hydrogens is 246 g/mol. The molecule has 1 saturated heterocycles. The van der Waals surface area contributed by atoms with Crippen LogP contribution in [-0.2, 0) is 0 Å². The van der Waals surface area contributed by atoms with Gasteiger partial charge in [0, 0.05) is 26.2 Å². The highest BCUT2D eigenvalue weighted by atomic mass is 79.9. The first kappa shape index (κ1) is 9.67. The summed E-state index contributed by atoms with van der Waals surface area (Å²) in [6.45, 7) is 3.78. The summed E-state index contributed by atoms with van der Waals surface area (Å²) in [7, 11) is 0. The minimum atomic E-state index is 0.495. The van der Waals surface area contributed by atoms with Crippen LogP contribution < -0.4 is 16.0 Å². The largest absolute Gasteiger partial charge is 0.381 e. The van der Waals surface area contributed by atoms with Gasteiger partial charge in [-0.3, -0.25) is 0 Å². The number of nitrogen functional groups attached to an aromatic ring is 1. The van der Waals surface area contributed by atoms with Crippen molar-refractivity contribution in [1.29, 1.82) is 0 Å². The maximum Gasteiger partial charge on any atom is 0.172 e. The minimum absolute atomic E-state index is 0.495. The lowest BCUT2D eigenvalue weighted by Crippen LogP contribution is -2.44. The summed E-state index contributed by atoms with van der Waals surface area (Å²) in [5.41, 5.74) is 5.76. The number of rotatable bonds is 1. The zero-order chi connectivity index (χ0) is 9.97. The van der Waals surface area contributed by atoms with Gasteiger partial charge in [-0.05, 0) is 15.9 Å². The van der Waals surface area contributed by atoms with Crippen molar-refractivity contribution in [2.24, 2.45) is 0 Å². The van der Waals surface area contributed by atoms with Crippen LogP contribution in [-0.4, -0.2) is 36.1 Å². The molecule has 5 nitrogen and oxygen atoms in total. The van der Waals surface area contributed by atoms with E-state index in [0.717, 1.165) is 36.6 Å². The molecule has 1 aromatic rings. The predicted molar refractivity (Wildman–Crippen MR) is 59.2 cm³/mol. The Morgan fingerprint density at radius 3 is 2.86 bits per heavy atom. The Labute approximate surface area is 90.8 Å². The molecule has 1 aromatic heterocycles. The summed E-state index contributed by atoms with van der Waals surface area (Å²) in [6, 6.07) is 0. The highest BCUT2D eigenvalue weighted by Gasteiger charge is 2.15. The second-order valence-electron chi connectivity index (χ2n) is 3.14. The van der Waals surface area contributed by atoms with Crippen molar-refractivity contribution >= 4 is 27.6 Å². The number of aromatic nitrogens is 2. The molecule has 0 aliphatic carbocycles. The van der Waals surface area contributed by atoms with Gasteiger partial charge in [-0.25, -0.2) is 9.97 Å². The Hall–Kier alpha value is -0.880. The molecule has 2 heterocycles. The van der Waals surface area contributed by atoms with Crippen LogP contribution in [0.1, 0.15) is 0 Å². The van der Waals surface area contributed by atoms with Crippen LogP contribution in [0.2, 0.25) is 0 Å². The number of hydrogen-bond acceptors (Lipinski definition) is 5. The molecule has 14 heavy (non-hydrogen) atoms. The van der Waals surface area contributed by atoms with E-state index in [9.17, 15) is 0 Å². The standard InChI is InChI=1S/C8H12BrN5/c9-6-5-12-7(10)8(13-6)14-3-1-11-2-4-14/h5,11H,1-4H2,(H2,10,12). The fraction of sp³-hybridized carbons (Fsp3) is 0.500. The smallest absolute Gasteiger partial charge is 0.172 e. The van der Waals surface area contributed by atoms with Gasteiger partial charge in [0.1, 0.15) is 4.60 Å². The van der Waals surface area contributed by atoms with Crippen molar-refractivity contribution in [3.8, 4) is 0 Å². The van der Waals surface area contributed by atoms with Crippen LogP contribution in [0.5, 0.6) is 0 Å². The Kier molecular flexibility index (Phi) is 2.83. The van der Waals surface area contributed by atoms with Crippen LogP contribution >= 0.6 is 15.9 Å². The molecule has 3 N–H and O–H groups in total. The van der Waals surface area contributed by atoms with Gasteiger partial charge < -0.3 is 16.0 Å². The van der Waals surface area contributed by atoms with Gasteiger partial charge in [0.25, 0.3) is 0 Å². The SMILES string of the molecule is Nc1ncc(Br)nc1N1CCNCC1. The lowest BCUT2D eigenvalue weighted by atomic mass is 10.3. The van der Waals surface area contributed by atoms with Crippen molar-refractivity contribution in [3.63, 3.8) is 0 Å². The Bertz CT molecular complexity index is 324. The summed E-state index contributed by atoms with van der Waals surface area (Å²) >= 11 is 3.29. The number of nitrogens with one attached hydrogen (secondary N) is 1. The second kappa shape index (κ2) is 4.10. The van der Waals surface area contributed by atoms with E-state index in [1.165, 1.54) is 0 Å². The van der Waals surface area contributed by atoms with E-state index in [0.29, 0.717) is 5.82 Å². The van der Waals surface area contributed by atoms with Gasteiger partial charge in [0.2, 0.25) is 0 Å². The number of piperazine rings is 1. The van der Waals surface area contributed by atoms with Gasteiger partial charge >= 0.3 is 0 Å². The maximum absolute atomic E-state index is 5.76. The number of halogens is 1. The Morgan fingerprint density at radius 2 is 2.14 bits per heavy atom. The summed E-state index contributed by atoms with van der Waals surface area (Å²) in [5, 5.41) is 3.28. The van der Waals surface area contributed by atoms with Crippen LogP contribution in [0, 0.1) is 0 Å². The van der Waals surface area contributed by atoms with Crippen LogP contribution in [0.4, 0.5) is 11.6 Å². The van der Waals surface area contributed by atoms with Crippen molar-refractivity contribution in [3.05, 3.63) is 10.8 Å². The third-order valence-electron chi connectivity index (χ3n) is 2.17. The topological polar surface area (TPSA) is 67.1 Å². The average Bonchev–Trinajstić information content (AvgIpc) is 2.23. The molecule has 0 radical (unpaired) electrons. The number of nitrogens with zero attached hydrogens (tertiary/aromatic N) is 3. The van der Waals surface area contributed by atoms with E-state index in [2.05, 4.69) is 36.1 Å². The molecule has 0 bridgehead atoms. The highest BCUT2D eigenvalue weighted by molar-refractivity contribution is 9.10. The van der Waals surface area contributed by atoms with Crippen LogP contribution in [0.15, 0.2) is 10.8 Å². The molecule has 0 aromatic carbocycles. The molecular formula is C8H12BrN5. The van der Waals surface area contributed by atoms with Crippen molar-refractivity contribution in [1.82, 2.24) is 15.3 Å². The molecule has 0 saturated carbocycles. The summed E-state index contributed by atoms with van der Waals surface area (Å²) in [4.78, 5) is 10.5. The summed E-state index contributed by atoms with van der Waals surface area (Å²) < 4.78 is 0.722. The normalized spacial score (nSPS) is 17.1. The average molecular weight is 258 g/mol. The van der Waals surface area contributed by atoms with E-state index >= 15 is 0 Å². The molecule has 0 atom stereocenters. The zero-order valence-electron chi connectivity index (χ0n) is 7.70. The monoisotopic (exact) mass is 257 g/mol. The molecule has 2 rings (SSSR count). The van der Waals surface area contributed by atoms with E-state index in [1.807, 2.05) is 0 Å². The molecule has 76 valence electrons. The lowest BCUT2D eigenvalue weighted by Gasteiger charge is -2.28. The van der Waals surface area contributed by atoms with Crippen LogP contribution in [0.3, 0.4) is 0 Å². The Balaban J connectivity index is 2.24. The number of hydrogen-bond donors (Lipinski definition) is 2. The number of anilines is 2. The second-order valence-corrected chi connectivity index (χ2v) is 3.95. The third kappa shape index (κ3) is 1.96. The van der Waals surface area contributed by atoms with E-state index in [4.69, 9.17) is 5.73 Å². The molecule has 0 spiro atoms. The molecule has 1 aliphatic heterocycles. The van der Waals surface area contributed by atoms with Crippen LogP contribution in [0.25, 0.3) is 0 Å². The maximum atomic E-state index is 5.76. The summed E-state index contributed by atoms with van der Waals surface area (Å²) in [5.74, 6) is 1.27. The lowest BCUT2D eigenvalue weighted by molar-refractivity contribution is 0.584. The van der Waals surface area contributed by atoms with E-state index in [-0.39, 0.29) is 0 Å². The number of nitrogens with two attached hydrogens (primary N) is 1.